The van der Waals surface area contributed by atoms with E-state index in [-0.39, 0.29) is 0 Å². The number of hydrogen-bond acceptors (Lipinski definition) is 3. The molecule has 2 aromatic rings. The van der Waals surface area contributed by atoms with E-state index in [9.17, 15) is 0 Å². The van der Waals surface area contributed by atoms with Crippen LogP contribution in [0, 0.1) is 13.8 Å². The highest BCUT2D eigenvalue weighted by Crippen LogP contribution is 2.34. The van der Waals surface area contributed by atoms with E-state index in [1.54, 1.807) is 10.4 Å². The minimum Gasteiger partial charge on any atom is -0.466 e. The van der Waals surface area contributed by atoms with Crippen LogP contribution in [-0.2, 0) is 12.8 Å². The molecule has 0 bridgehead atoms. The zero-order valence-corrected chi connectivity index (χ0v) is 14.3. The van der Waals surface area contributed by atoms with Crippen LogP contribution in [0.15, 0.2) is 16.5 Å². The molecular weight excluding hydrogens is 278 g/mol. The van der Waals surface area contributed by atoms with E-state index in [0.29, 0.717) is 12.1 Å². The van der Waals surface area contributed by atoms with Gasteiger partial charge in [0.25, 0.3) is 0 Å². The van der Waals surface area contributed by atoms with E-state index in [1.807, 2.05) is 18.3 Å². The fourth-order valence-corrected chi connectivity index (χ4v) is 4.62. The van der Waals surface area contributed by atoms with E-state index in [2.05, 4.69) is 38.2 Å². The zero-order chi connectivity index (χ0) is 15.0. The first-order valence-corrected chi connectivity index (χ1v) is 8.80. The van der Waals surface area contributed by atoms with Crippen molar-refractivity contribution in [1.82, 2.24) is 5.32 Å². The van der Waals surface area contributed by atoms with Gasteiger partial charge in [0.15, 0.2) is 0 Å². The van der Waals surface area contributed by atoms with Crippen LogP contribution in [-0.4, -0.2) is 0 Å². The first kappa shape index (κ1) is 14.9. The summed E-state index contributed by atoms with van der Waals surface area (Å²) in [5.41, 5.74) is 2.87. The largest absolute Gasteiger partial charge is 0.466 e. The molecule has 1 N–H and O–H groups in total. The summed E-state index contributed by atoms with van der Waals surface area (Å²) >= 11 is 2.00. The molecule has 0 radical (unpaired) electrons. The van der Waals surface area contributed by atoms with Crippen LogP contribution < -0.4 is 5.32 Å². The summed E-state index contributed by atoms with van der Waals surface area (Å²) in [7, 11) is 0. The molecule has 3 heteroatoms. The van der Waals surface area contributed by atoms with E-state index >= 15 is 0 Å². The Morgan fingerprint density at radius 3 is 2.52 bits per heavy atom. The van der Waals surface area contributed by atoms with Gasteiger partial charge in [0.1, 0.15) is 11.5 Å². The van der Waals surface area contributed by atoms with E-state index in [4.69, 9.17) is 4.42 Å². The molecule has 1 aliphatic rings. The van der Waals surface area contributed by atoms with Gasteiger partial charge >= 0.3 is 0 Å². The Kier molecular flexibility index (Phi) is 4.23. The molecule has 0 fully saturated rings. The first-order chi connectivity index (χ1) is 10.0. The monoisotopic (exact) mass is 303 g/mol. The van der Waals surface area contributed by atoms with Crippen molar-refractivity contribution in [2.75, 3.05) is 0 Å². The summed E-state index contributed by atoms with van der Waals surface area (Å²) in [6.45, 7) is 8.56. The maximum Gasteiger partial charge on any atom is 0.105 e. The second-order valence-corrected chi connectivity index (χ2v) is 7.45. The predicted octanol–water partition coefficient (Wildman–Crippen LogP) is 5.25. The van der Waals surface area contributed by atoms with Gasteiger partial charge in [0, 0.05) is 27.4 Å². The predicted molar refractivity (Wildman–Crippen MR) is 89.1 cm³/mol. The highest BCUT2D eigenvalue weighted by Gasteiger charge is 2.19. The molecule has 3 rings (SSSR count). The molecular formula is C18H25NOS. The summed E-state index contributed by atoms with van der Waals surface area (Å²) in [5.74, 6) is 2.03. The summed E-state index contributed by atoms with van der Waals surface area (Å²) in [6, 6.07) is 5.29. The molecule has 2 heterocycles. The van der Waals surface area contributed by atoms with Crippen molar-refractivity contribution >= 4 is 11.3 Å². The third-order valence-corrected chi connectivity index (χ3v) is 5.91. The number of furan rings is 1. The van der Waals surface area contributed by atoms with Crippen LogP contribution >= 0.6 is 11.3 Å². The van der Waals surface area contributed by atoms with Crippen LogP contribution in [0.5, 0.6) is 0 Å². The molecule has 0 saturated heterocycles. The summed E-state index contributed by atoms with van der Waals surface area (Å²) in [5, 5.41) is 3.73. The molecule has 2 atom stereocenters. The Balaban J connectivity index is 1.72. The van der Waals surface area contributed by atoms with Gasteiger partial charge in [-0.15, -0.1) is 11.3 Å². The van der Waals surface area contributed by atoms with E-state index in [0.717, 1.165) is 11.5 Å². The van der Waals surface area contributed by atoms with Crippen LogP contribution in [0.4, 0.5) is 0 Å². The molecule has 0 spiro atoms. The highest BCUT2D eigenvalue weighted by atomic mass is 32.1. The summed E-state index contributed by atoms with van der Waals surface area (Å²) < 4.78 is 5.65. The van der Waals surface area contributed by atoms with Gasteiger partial charge in [0.2, 0.25) is 0 Å². The second-order valence-electron chi connectivity index (χ2n) is 6.28. The van der Waals surface area contributed by atoms with Gasteiger partial charge in [-0.3, -0.25) is 0 Å². The lowest BCUT2D eigenvalue weighted by Crippen LogP contribution is -2.22. The minimum absolute atomic E-state index is 0.316. The van der Waals surface area contributed by atoms with Gasteiger partial charge < -0.3 is 9.73 Å². The fourth-order valence-electron chi connectivity index (χ4n) is 3.35. The quantitative estimate of drug-likeness (QED) is 0.834. The van der Waals surface area contributed by atoms with Gasteiger partial charge in [-0.25, -0.2) is 0 Å². The highest BCUT2D eigenvalue weighted by molar-refractivity contribution is 7.12. The first-order valence-electron chi connectivity index (χ1n) is 7.99. The molecule has 0 amide bonds. The normalized spacial score (nSPS) is 17.5. The van der Waals surface area contributed by atoms with Crippen molar-refractivity contribution in [3.63, 3.8) is 0 Å². The molecule has 0 aromatic carbocycles. The third-order valence-electron chi connectivity index (χ3n) is 4.49. The number of rotatable bonds is 4. The van der Waals surface area contributed by atoms with E-state index in [1.165, 1.54) is 36.1 Å². The smallest absolute Gasteiger partial charge is 0.105 e. The Bertz CT molecular complexity index is 602. The average molecular weight is 303 g/mol. The van der Waals surface area contributed by atoms with Crippen molar-refractivity contribution in [2.24, 2.45) is 0 Å². The van der Waals surface area contributed by atoms with Crippen molar-refractivity contribution in [2.45, 2.75) is 65.5 Å². The number of fused-ring (bicyclic) bond motifs is 1. The molecule has 21 heavy (non-hydrogen) atoms. The topological polar surface area (TPSA) is 25.2 Å². The molecule has 0 aliphatic heterocycles. The van der Waals surface area contributed by atoms with Crippen LogP contribution in [0.2, 0.25) is 0 Å². The Morgan fingerprint density at radius 1 is 1.10 bits per heavy atom. The molecule has 2 unspecified atom stereocenters. The Hall–Kier alpha value is -1.06. The second kappa shape index (κ2) is 5.98. The maximum atomic E-state index is 5.65. The summed E-state index contributed by atoms with van der Waals surface area (Å²) in [4.78, 5) is 3.10. The number of aryl methyl sites for hydroxylation is 4. The van der Waals surface area contributed by atoms with E-state index < -0.39 is 0 Å². The molecule has 2 aromatic heterocycles. The van der Waals surface area contributed by atoms with Crippen LogP contribution in [0.1, 0.15) is 71.2 Å². The Labute approximate surface area is 131 Å². The average Bonchev–Trinajstić information content (AvgIpc) is 3.01. The lowest BCUT2D eigenvalue weighted by Gasteiger charge is -2.18. The van der Waals surface area contributed by atoms with Gasteiger partial charge in [-0.1, -0.05) is 0 Å². The zero-order valence-electron chi connectivity index (χ0n) is 13.5. The Morgan fingerprint density at radius 2 is 1.86 bits per heavy atom. The number of hydrogen-bond donors (Lipinski definition) is 1. The molecule has 0 saturated carbocycles. The summed E-state index contributed by atoms with van der Waals surface area (Å²) in [6.07, 6.45) is 5.27. The molecule has 114 valence electrons. The van der Waals surface area contributed by atoms with Crippen molar-refractivity contribution in [3.8, 4) is 0 Å². The van der Waals surface area contributed by atoms with Gasteiger partial charge in [-0.2, -0.15) is 0 Å². The van der Waals surface area contributed by atoms with Crippen LogP contribution in [0.25, 0.3) is 0 Å². The lowest BCUT2D eigenvalue weighted by atomic mass is 9.99. The fraction of sp³-hybridized carbons (Fsp3) is 0.556. The minimum atomic E-state index is 0.316. The maximum absolute atomic E-state index is 5.65. The molecule has 2 nitrogen and oxygen atoms in total. The third kappa shape index (κ3) is 3.09. The van der Waals surface area contributed by atoms with Gasteiger partial charge in [-0.05, 0) is 71.1 Å². The number of nitrogens with one attached hydrogen (secondary N) is 1. The van der Waals surface area contributed by atoms with Crippen molar-refractivity contribution in [1.29, 1.82) is 0 Å². The van der Waals surface area contributed by atoms with Gasteiger partial charge in [0.05, 0.1) is 0 Å². The standard InChI is InChI=1S/C18H25NOS/c1-11-9-16(14(4)20-11)12(2)19-13(3)18-10-15-7-5-6-8-17(15)21-18/h9-10,12-13,19H,5-8H2,1-4H3. The lowest BCUT2D eigenvalue weighted by molar-refractivity contribution is 0.471. The van der Waals surface area contributed by atoms with Crippen molar-refractivity contribution in [3.05, 3.63) is 44.5 Å². The number of thiophene rings is 1. The SMILES string of the molecule is Cc1cc(C(C)NC(C)c2cc3c(s2)CCCC3)c(C)o1. The van der Waals surface area contributed by atoms with Crippen LogP contribution in [0.3, 0.4) is 0 Å². The van der Waals surface area contributed by atoms with Crippen molar-refractivity contribution < 1.29 is 4.42 Å². The molecule has 1 aliphatic carbocycles.